The maximum Gasteiger partial charge on any atom is 0.274 e. The Balaban J connectivity index is 1.76. The summed E-state index contributed by atoms with van der Waals surface area (Å²) < 4.78 is 4.96. The van der Waals surface area contributed by atoms with Crippen LogP contribution in [0.2, 0.25) is 10.0 Å². The number of nitrogens with zero attached hydrogens (tertiary/aromatic N) is 3. The zero-order valence-corrected chi connectivity index (χ0v) is 13.9. The van der Waals surface area contributed by atoms with Crippen LogP contribution in [0.1, 0.15) is 16.2 Å². The van der Waals surface area contributed by atoms with Crippen LogP contribution >= 0.6 is 23.2 Å². The van der Waals surface area contributed by atoms with Crippen LogP contribution in [0.3, 0.4) is 0 Å². The van der Waals surface area contributed by atoms with Crippen LogP contribution in [0.5, 0.6) is 0 Å². The molecular formula is C15H11Cl2N5O2. The molecule has 0 saturated heterocycles. The summed E-state index contributed by atoms with van der Waals surface area (Å²) in [4.78, 5) is 20.3. The highest BCUT2D eigenvalue weighted by atomic mass is 35.5. The molecule has 7 nitrogen and oxygen atoms in total. The highest BCUT2D eigenvalue weighted by Gasteiger charge is 2.12. The van der Waals surface area contributed by atoms with Gasteiger partial charge in [0.2, 0.25) is 0 Å². The minimum absolute atomic E-state index is 0.165. The zero-order valence-electron chi connectivity index (χ0n) is 12.4. The first-order valence-corrected chi connectivity index (χ1v) is 7.55. The van der Waals surface area contributed by atoms with Crippen molar-refractivity contribution in [1.29, 1.82) is 0 Å². The number of aryl methyl sites for hydroxylation is 1. The number of halogens is 2. The molecule has 1 amide bonds. The highest BCUT2D eigenvalue weighted by molar-refractivity contribution is 6.36. The summed E-state index contributed by atoms with van der Waals surface area (Å²) in [6, 6.07) is 7.97. The molecule has 0 unspecified atom stereocenters. The van der Waals surface area contributed by atoms with E-state index in [1.807, 2.05) is 0 Å². The Kier molecular flexibility index (Phi) is 4.64. The third-order valence-corrected chi connectivity index (χ3v) is 3.51. The molecule has 0 bridgehead atoms. The Bertz CT molecular complexity index is 897. The second kappa shape index (κ2) is 6.86. The van der Waals surface area contributed by atoms with E-state index in [0.717, 1.165) is 0 Å². The second-order valence-electron chi connectivity index (χ2n) is 4.81. The summed E-state index contributed by atoms with van der Waals surface area (Å²) >= 11 is 11.9. The number of aromatic nitrogens is 3. The van der Waals surface area contributed by atoms with Gasteiger partial charge in [-0.2, -0.15) is 0 Å². The van der Waals surface area contributed by atoms with Crippen LogP contribution < -0.4 is 10.6 Å². The lowest BCUT2D eigenvalue weighted by atomic mass is 10.3. The molecule has 1 aromatic carbocycles. The van der Waals surface area contributed by atoms with Gasteiger partial charge in [0.05, 0.1) is 10.7 Å². The molecule has 0 spiro atoms. The van der Waals surface area contributed by atoms with Gasteiger partial charge in [0.25, 0.3) is 5.91 Å². The van der Waals surface area contributed by atoms with Gasteiger partial charge in [0.15, 0.2) is 5.82 Å². The van der Waals surface area contributed by atoms with Crippen LogP contribution in [0.4, 0.5) is 17.3 Å². The molecule has 9 heteroatoms. The van der Waals surface area contributed by atoms with Crippen molar-refractivity contribution in [3.63, 3.8) is 0 Å². The minimum atomic E-state index is -0.430. The molecule has 0 aliphatic carbocycles. The van der Waals surface area contributed by atoms with E-state index in [1.165, 1.54) is 12.4 Å². The number of anilines is 3. The number of hydrogen-bond acceptors (Lipinski definition) is 6. The van der Waals surface area contributed by atoms with E-state index in [1.54, 1.807) is 31.2 Å². The van der Waals surface area contributed by atoms with Gasteiger partial charge in [-0.3, -0.25) is 4.79 Å². The predicted molar refractivity (Wildman–Crippen MR) is 91.0 cm³/mol. The van der Waals surface area contributed by atoms with Crippen LogP contribution in [0.25, 0.3) is 0 Å². The van der Waals surface area contributed by atoms with Crippen LogP contribution in [-0.4, -0.2) is 21.0 Å². The maximum absolute atomic E-state index is 12.3. The fourth-order valence-corrected chi connectivity index (χ4v) is 2.34. The molecule has 2 heterocycles. The first-order chi connectivity index (χ1) is 11.5. The SMILES string of the molecule is Cc1cc(Nc2cc(C(=O)Nc3ccc(Cl)cc3Cl)ncn2)no1. The van der Waals surface area contributed by atoms with Crippen molar-refractivity contribution in [2.24, 2.45) is 0 Å². The van der Waals surface area contributed by atoms with Crippen molar-refractivity contribution in [3.8, 4) is 0 Å². The Morgan fingerprint density at radius 3 is 2.67 bits per heavy atom. The largest absolute Gasteiger partial charge is 0.360 e. The first-order valence-electron chi connectivity index (χ1n) is 6.80. The van der Waals surface area contributed by atoms with Crippen molar-refractivity contribution in [1.82, 2.24) is 15.1 Å². The number of hydrogen-bond donors (Lipinski definition) is 2. The Morgan fingerprint density at radius 2 is 1.96 bits per heavy atom. The van der Waals surface area contributed by atoms with Gasteiger partial charge in [-0.1, -0.05) is 28.4 Å². The van der Waals surface area contributed by atoms with Crippen molar-refractivity contribution >= 4 is 46.4 Å². The number of carbonyl (C=O) groups is 1. The number of nitrogens with one attached hydrogen (secondary N) is 2. The van der Waals surface area contributed by atoms with Crippen LogP contribution in [0, 0.1) is 6.92 Å². The van der Waals surface area contributed by atoms with E-state index in [9.17, 15) is 4.79 Å². The number of amides is 1. The highest BCUT2D eigenvalue weighted by Crippen LogP contribution is 2.25. The molecule has 0 saturated carbocycles. The molecule has 24 heavy (non-hydrogen) atoms. The lowest BCUT2D eigenvalue weighted by Gasteiger charge is -2.08. The lowest BCUT2D eigenvalue weighted by Crippen LogP contribution is -2.14. The molecule has 0 radical (unpaired) electrons. The zero-order chi connectivity index (χ0) is 17.1. The molecule has 0 atom stereocenters. The quantitative estimate of drug-likeness (QED) is 0.725. The summed E-state index contributed by atoms with van der Waals surface area (Å²) in [5.74, 6) is 1.12. The third-order valence-electron chi connectivity index (χ3n) is 2.96. The fraction of sp³-hybridized carbons (Fsp3) is 0.0667. The van der Waals surface area contributed by atoms with Gasteiger partial charge in [-0.25, -0.2) is 9.97 Å². The van der Waals surface area contributed by atoms with Crippen LogP contribution in [-0.2, 0) is 0 Å². The van der Waals surface area contributed by atoms with E-state index in [-0.39, 0.29) is 5.69 Å². The summed E-state index contributed by atoms with van der Waals surface area (Å²) in [5.41, 5.74) is 0.602. The average Bonchev–Trinajstić information content (AvgIpc) is 2.95. The summed E-state index contributed by atoms with van der Waals surface area (Å²) in [5, 5.41) is 10.2. The normalized spacial score (nSPS) is 10.5. The molecule has 0 aliphatic heterocycles. The standard InChI is InChI=1S/C15H11Cl2N5O2/c1-8-4-14(22-24-8)21-13-6-12(18-7-19-13)15(23)20-11-3-2-9(16)5-10(11)17/h2-7H,1H3,(H,20,23)(H,18,19,21,22). The lowest BCUT2D eigenvalue weighted by molar-refractivity contribution is 0.102. The molecule has 0 aliphatic rings. The van der Waals surface area contributed by atoms with Crippen molar-refractivity contribution in [3.05, 3.63) is 58.2 Å². The second-order valence-corrected chi connectivity index (χ2v) is 5.66. The Labute approximate surface area is 147 Å². The third kappa shape index (κ3) is 3.81. The molecule has 2 N–H and O–H groups in total. The molecule has 3 aromatic rings. The van der Waals surface area contributed by atoms with Crippen molar-refractivity contribution in [2.75, 3.05) is 10.6 Å². The van der Waals surface area contributed by atoms with Gasteiger partial charge in [-0.15, -0.1) is 0 Å². The Morgan fingerprint density at radius 1 is 1.12 bits per heavy atom. The predicted octanol–water partition coefficient (Wildman–Crippen LogP) is 4.08. The molecule has 2 aromatic heterocycles. The van der Waals surface area contributed by atoms with Gasteiger partial charge < -0.3 is 15.2 Å². The van der Waals surface area contributed by atoms with Gasteiger partial charge in [0.1, 0.15) is 23.6 Å². The first kappa shape index (κ1) is 16.2. The molecule has 122 valence electrons. The van der Waals surface area contributed by atoms with Gasteiger partial charge in [0, 0.05) is 17.2 Å². The van der Waals surface area contributed by atoms with Crippen molar-refractivity contribution < 1.29 is 9.32 Å². The minimum Gasteiger partial charge on any atom is -0.360 e. The molecular weight excluding hydrogens is 353 g/mol. The summed E-state index contributed by atoms with van der Waals surface area (Å²) in [7, 11) is 0. The van der Waals surface area contributed by atoms with E-state index in [4.69, 9.17) is 27.7 Å². The van der Waals surface area contributed by atoms with E-state index in [0.29, 0.717) is 33.1 Å². The number of benzene rings is 1. The van der Waals surface area contributed by atoms with Gasteiger partial charge in [-0.05, 0) is 25.1 Å². The smallest absolute Gasteiger partial charge is 0.274 e. The maximum atomic E-state index is 12.3. The monoisotopic (exact) mass is 363 g/mol. The van der Waals surface area contributed by atoms with E-state index in [2.05, 4.69) is 25.8 Å². The summed E-state index contributed by atoms with van der Waals surface area (Å²) in [6.07, 6.45) is 1.27. The topological polar surface area (TPSA) is 92.9 Å². The molecule has 3 rings (SSSR count). The van der Waals surface area contributed by atoms with E-state index >= 15 is 0 Å². The van der Waals surface area contributed by atoms with Gasteiger partial charge >= 0.3 is 0 Å². The number of rotatable bonds is 4. The number of carbonyl (C=O) groups excluding carboxylic acids is 1. The van der Waals surface area contributed by atoms with Crippen LogP contribution in [0.15, 0.2) is 41.2 Å². The van der Waals surface area contributed by atoms with Crippen molar-refractivity contribution in [2.45, 2.75) is 6.92 Å². The molecule has 0 fully saturated rings. The van der Waals surface area contributed by atoms with E-state index < -0.39 is 5.91 Å². The fourth-order valence-electron chi connectivity index (χ4n) is 1.88. The Hall–Kier alpha value is -2.64. The summed E-state index contributed by atoms with van der Waals surface area (Å²) in [6.45, 7) is 1.77. The average molecular weight is 364 g/mol.